The van der Waals surface area contributed by atoms with Crippen molar-refractivity contribution in [1.29, 1.82) is 0 Å². The number of hydrogen-bond donors (Lipinski definition) is 3. The van der Waals surface area contributed by atoms with Crippen LogP contribution in [0.4, 0.5) is 0 Å². The Kier molecular flexibility index (Phi) is 4.74. The van der Waals surface area contributed by atoms with Gasteiger partial charge in [-0.1, -0.05) is 20.4 Å². The molecule has 3 fully saturated rings. The second kappa shape index (κ2) is 6.36. The smallest absolute Gasteiger partial charge is 0.165 e. The summed E-state index contributed by atoms with van der Waals surface area (Å²) in [5.41, 5.74) is -1.59. The van der Waals surface area contributed by atoms with Crippen LogP contribution in [0.25, 0.3) is 0 Å². The lowest BCUT2D eigenvalue weighted by Crippen LogP contribution is -2.70. The number of carbonyl (C=O) groups is 3. The molecular formula is C20H28O6. The SMILES string of the molecule is C=C(C=O)C1CC(O)C2C(C1)C(=O)C(O)C1C(C)(C)CCC(O)C21C=O. The van der Waals surface area contributed by atoms with Gasteiger partial charge >= 0.3 is 0 Å². The van der Waals surface area contributed by atoms with Gasteiger partial charge in [0.1, 0.15) is 18.7 Å². The molecule has 0 radical (unpaired) electrons. The van der Waals surface area contributed by atoms with E-state index in [4.69, 9.17) is 0 Å². The molecule has 144 valence electrons. The zero-order valence-corrected chi connectivity index (χ0v) is 15.3. The Morgan fingerprint density at radius 2 is 1.85 bits per heavy atom. The van der Waals surface area contributed by atoms with Crippen molar-refractivity contribution in [3.63, 3.8) is 0 Å². The summed E-state index contributed by atoms with van der Waals surface area (Å²) in [6.45, 7) is 7.49. The summed E-state index contributed by atoms with van der Waals surface area (Å²) in [6, 6.07) is 0. The Morgan fingerprint density at radius 1 is 1.19 bits per heavy atom. The Hall–Kier alpha value is -1.37. The zero-order chi connectivity index (χ0) is 19.4. The number of carbonyl (C=O) groups excluding carboxylic acids is 3. The lowest BCUT2D eigenvalue weighted by molar-refractivity contribution is -0.224. The van der Waals surface area contributed by atoms with E-state index < -0.39 is 52.7 Å². The van der Waals surface area contributed by atoms with Gasteiger partial charge in [-0.25, -0.2) is 0 Å². The highest BCUT2D eigenvalue weighted by Gasteiger charge is 2.69. The Balaban J connectivity index is 2.12. The van der Waals surface area contributed by atoms with Gasteiger partial charge in [-0.2, -0.15) is 0 Å². The number of ketones is 1. The first kappa shape index (κ1) is 19.4. The monoisotopic (exact) mass is 364 g/mol. The fourth-order valence-electron chi connectivity index (χ4n) is 6.17. The molecule has 8 unspecified atom stereocenters. The fraction of sp³-hybridized carbons (Fsp3) is 0.750. The summed E-state index contributed by atoms with van der Waals surface area (Å²) in [7, 11) is 0. The highest BCUT2D eigenvalue weighted by Crippen LogP contribution is 2.62. The molecule has 0 spiro atoms. The summed E-state index contributed by atoms with van der Waals surface area (Å²) >= 11 is 0. The Labute approximate surface area is 153 Å². The van der Waals surface area contributed by atoms with E-state index in [9.17, 15) is 29.7 Å². The Morgan fingerprint density at radius 3 is 2.42 bits per heavy atom. The quantitative estimate of drug-likeness (QED) is 0.501. The topological polar surface area (TPSA) is 112 Å². The molecule has 3 aliphatic rings. The summed E-state index contributed by atoms with van der Waals surface area (Å²) in [4.78, 5) is 36.5. The molecule has 0 aromatic rings. The third-order valence-electron chi connectivity index (χ3n) is 7.36. The minimum absolute atomic E-state index is 0.220. The van der Waals surface area contributed by atoms with Crippen molar-refractivity contribution in [2.24, 2.45) is 34.5 Å². The van der Waals surface area contributed by atoms with Crippen LogP contribution in [0.15, 0.2) is 12.2 Å². The van der Waals surface area contributed by atoms with Crippen LogP contribution >= 0.6 is 0 Å². The number of aldehydes is 2. The molecule has 6 nitrogen and oxygen atoms in total. The first-order chi connectivity index (χ1) is 12.1. The van der Waals surface area contributed by atoms with Crippen LogP contribution in [0, 0.1) is 34.5 Å². The Bertz CT molecular complexity index is 640. The van der Waals surface area contributed by atoms with Gasteiger partial charge in [-0.15, -0.1) is 0 Å². The molecule has 3 aliphatic carbocycles. The maximum Gasteiger partial charge on any atom is 0.165 e. The standard InChI is InChI=1S/C20H28O6/c1-10(8-21)11-6-12-15(13(23)7-11)20(9-22)14(24)4-5-19(2,3)18(20)17(26)16(12)25/h8-9,11-15,17-18,23-24,26H,1,4-7H2,2-3H3. The van der Waals surface area contributed by atoms with E-state index in [-0.39, 0.29) is 18.8 Å². The largest absolute Gasteiger partial charge is 0.393 e. The molecule has 0 aromatic carbocycles. The third-order valence-corrected chi connectivity index (χ3v) is 7.36. The molecule has 0 heterocycles. The van der Waals surface area contributed by atoms with Gasteiger partial charge in [0.15, 0.2) is 5.78 Å². The third kappa shape index (κ3) is 2.46. The first-order valence-electron chi connectivity index (χ1n) is 9.30. The number of hydrogen-bond acceptors (Lipinski definition) is 6. The van der Waals surface area contributed by atoms with Crippen LogP contribution in [0.3, 0.4) is 0 Å². The molecular weight excluding hydrogens is 336 g/mol. The average Bonchev–Trinajstić information content (AvgIpc) is 2.60. The van der Waals surface area contributed by atoms with Crippen molar-refractivity contribution >= 4 is 18.4 Å². The van der Waals surface area contributed by atoms with Gasteiger partial charge in [0.2, 0.25) is 0 Å². The molecule has 6 heteroatoms. The van der Waals surface area contributed by atoms with Gasteiger partial charge in [0, 0.05) is 17.8 Å². The maximum atomic E-state index is 13.0. The van der Waals surface area contributed by atoms with Crippen LogP contribution in [-0.2, 0) is 14.4 Å². The minimum Gasteiger partial charge on any atom is -0.393 e. The van der Waals surface area contributed by atoms with Gasteiger partial charge in [-0.3, -0.25) is 9.59 Å². The summed E-state index contributed by atoms with van der Waals surface area (Å²) in [5, 5.41) is 32.6. The highest BCUT2D eigenvalue weighted by molar-refractivity contribution is 5.90. The van der Waals surface area contributed by atoms with Crippen LogP contribution in [0.5, 0.6) is 0 Å². The van der Waals surface area contributed by atoms with Crippen molar-refractivity contribution in [1.82, 2.24) is 0 Å². The number of fused-ring (bicyclic) bond motifs is 3. The predicted molar refractivity (Wildman–Crippen MR) is 92.9 cm³/mol. The predicted octanol–water partition coefficient (Wildman–Crippen LogP) is 0.671. The van der Waals surface area contributed by atoms with E-state index in [0.29, 0.717) is 31.0 Å². The molecule has 0 bridgehead atoms. The molecule has 8 atom stereocenters. The zero-order valence-electron chi connectivity index (χ0n) is 15.3. The number of allylic oxidation sites excluding steroid dienone is 1. The molecule has 3 saturated carbocycles. The van der Waals surface area contributed by atoms with Gasteiger partial charge in [0.05, 0.1) is 17.6 Å². The van der Waals surface area contributed by atoms with Gasteiger partial charge in [0.25, 0.3) is 0 Å². The first-order valence-corrected chi connectivity index (χ1v) is 9.30. The maximum absolute atomic E-state index is 13.0. The number of rotatable bonds is 3. The van der Waals surface area contributed by atoms with Crippen LogP contribution in [0.2, 0.25) is 0 Å². The van der Waals surface area contributed by atoms with Gasteiger partial charge < -0.3 is 20.1 Å². The molecule has 0 amide bonds. The molecule has 3 N–H and O–H groups in total. The molecule has 0 aliphatic heterocycles. The second-order valence-electron chi connectivity index (χ2n) is 9.05. The normalized spacial score (nSPS) is 47.4. The summed E-state index contributed by atoms with van der Waals surface area (Å²) < 4.78 is 0. The van der Waals surface area contributed by atoms with E-state index in [1.807, 2.05) is 13.8 Å². The lowest BCUT2D eigenvalue weighted by atomic mass is 9.41. The minimum atomic E-state index is -1.37. The van der Waals surface area contributed by atoms with Crippen molar-refractivity contribution in [3.05, 3.63) is 12.2 Å². The van der Waals surface area contributed by atoms with E-state index in [0.717, 1.165) is 0 Å². The summed E-state index contributed by atoms with van der Waals surface area (Å²) in [6.07, 6.45) is -0.686. The van der Waals surface area contributed by atoms with Crippen molar-refractivity contribution in [2.45, 2.75) is 57.8 Å². The molecule has 0 saturated heterocycles. The summed E-state index contributed by atoms with van der Waals surface area (Å²) in [5.74, 6) is -3.05. The van der Waals surface area contributed by atoms with E-state index in [2.05, 4.69) is 6.58 Å². The number of aliphatic hydroxyl groups is 3. The van der Waals surface area contributed by atoms with Crippen LogP contribution in [-0.4, -0.2) is 52.0 Å². The average molecular weight is 364 g/mol. The van der Waals surface area contributed by atoms with Crippen LogP contribution in [0.1, 0.15) is 39.5 Å². The molecule has 0 aromatic heterocycles. The second-order valence-corrected chi connectivity index (χ2v) is 9.05. The highest BCUT2D eigenvalue weighted by atomic mass is 16.3. The van der Waals surface area contributed by atoms with Crippen molar-refractivity contribution in [2.75, 3.05) is 0 Å². The van der Waals surface area contributed by atoms with E-state index >= 15 is 0 Å². The number of aliphatic hydroxyl groups excluding tert-OH is 3. The van der Waals surface area contributed by atoms with E-state index in [1.165, 1.54) is 0 Å². The molecule has 26 heavy (non-hydrogen) atoms. The van der Waals surface area contributed by atoms with Gasteiger partial charge in [-0.05, 0) is 42.6 Å². The van der Waals surface area contributed by atoms with Crippen molar-refractivity contribution < 1.29 is 29.7 Å². The lowest BCUT2D eigenvalue weighted by Gasteiger charge is -2.62. The number of Topliss-reactive ketones (excluding diaryl/α,β-unsaturated/α-hetero) is 1. The fourth-order valence-corrected chi connectivity index (χ4v) is 6.17. The molecule has 3 rings (SSSR count). The van der Waals surface area contributed by atoms with Crippen molar-refractivity contribution in [3.8, 4) is 0 Å². The van der Waals surface area contributed by atoms with E-state index in [1.54, 1.807) is 0 Å². The van der Waals surface area contributed by atoms with Crippen LogP contribution < -0.4 is 0 Å².